The lowest BCUT2D eigenvalue weighted by Crippen LogP contribution is -2.40. The van der Waals surface area contributed by atoms with Gasteiger partial charge in [0.15, 0.2) is 17.7 Å². The number of fused-ring (bicyclic) bond motifs is 1. The van der Waals surface area contributed by atoms with Crippen LogP contribution in [0.25, 0.3) is 11.0 Å². The molecule has 29 heavy (non-hydrogen) atoms. The van der Waals surface area contributed by atoms with Gasteiger partial charge in [0.25, 0.3) is 5.56 Å². The maximum atomic E-state index is 11.9. The average Bonchev–Trinajstić information content (AvgIpc) is 3.15. The fourth-order valence-corrected chi connectivity index (χ4v) is 3.11. The Bertz CT molecular complexity index is 1070. The third-order valence-electron chi connectivity index (χ3n) is 4.12. The van der Waals surface area contributed by atoms with E-state index < -0.39 is 53.6 Å². The molecule has 0 spiro atoms. The molecular formula is C16H18N4O9. The van der Waals surface area contributed by atoms with Crippen molar-refractivity contribution in [2.24, 2.45) is 0 Å². The SMILES string of the molecule is CC(=O)OC[C@H]1O[C@@H](c2[nH]nc3c(=O)[nH]c(=O)[nH]c23)[C@H](OC(C)=O)[C@@H]1OC(C)=O. The molecule has 0 unspecified atom stereocenters. The molecule has 4 atom stereocenters. The first-order valence-corrected chi connectivity index (χ1v) is 8.51. The van der Waals surface area contributed by atoms with E-state index in [-0.39, 0.29) is 23.3 Å². The van der Waals surface area contributed by atoms with Crippen LogP contribution < -0.4 is 11.2 Å². The first kappa shape index (κ1) is 20.3. The Kier molecular flexibility index (Phi) is 5.50. The molecule has 3 heterocycles. The Balaban J connectivity index is 2.06. The zero-order chi connectivity index (χ0) is 21.3. The fraction of sp³-hybridized carbons (Fsp3) is 0.500. The van der Waals surface area contributed by atoms with Crippen molar-refractivity contribution in [3.8, 4) is 0 Å². The summed E-state index contributed by atoms with van der Waals surface area (Å²) in [6.07, 6.45) is -4.37. The van der Waals surface area contributed by atoms with Gasteiger partial charge in [0.05, 0.1) is 11.2 Å². The molecule has 3 N–H and O–H groups in total. The van der Waals surface area contributed by atoms with Crippen molar-refractivity contribution in [2.75, 3.05) is 6.61 Å². The highest BCUT2D eigenvalue weighted by Gasteiger charge is 2.51. The minimum atomic E-state index is -1.16. The summed E-state index contributed by atoms with van der Waals surface area (Å²) in [7, 11) is 0. The van der Waals surface area contributed by atoms with E-state index in [2.05, 4.69) is 15.2 Å². The number of carbonyl (C=O) groups is 3. The van der Waals surface area contributed by atoms with E-state index in [1.807, 2.05) is 4.98 Å². The van der Waals surface area contributed by atoms with Crippen LogP contribution in [-0.2, 0) is 33.3 Å². The van der Waals surface area contributed by atoms with Gasteiger partial charge in [-0.05, 0) is 0 Å². The quantitative estimate of drug-likeness (QED) is 0.400. The Morgan fingerprint density at radius 1 is 1.00 bits per heavy atom. The van der Waals surface area contributed by atoms with E-state index in [1.54, 1.807) is 0 Å². The zero-order valence-electron chi connectivity index (χ0n) is 15.6. The highest BCUT2D eigenvalue weighted by Crippen LogP contribution is 2.38. The number of ether oxygens (including phenoxy) is 4. The molecule has 1 fully saturated rings. The Morgan fingerprint density at radius 3 is 2.28 bits per heavy atom. The van der Waals surface area contributed by atoms with E-state index in [1.165, 1.54) is 6.92 Å². The van der Waals surface area contributed by atoms with Gasteiger partial charge in [-0.25, -0.2) is 4.79 Å². The van der Waals surface area contributed by atoms with Gasteiger partial charge in [-0.2, -0.15) is 5.10 Å². The van der Waals surface area contributed by atoms with Crippen molar-refractivity contribution in [3.05, 3.63) is 26.5 Å². The number of rotatable bonds is 5. The van der Waals surface area contributed by atoms with Gasteiger partial charge >= 0.3 is 23.6 Å². The molecule has 3 rings (SSSR count). The smallest absolute Gasteiger partial charge is 0.326 e. The van der Waals surface area contributed by atoms with Crippen LogP contribution in [0.3, 0.4) is 0 Å². The normalized spacial score (nSPS) is 23.7. The number of aromatic amines is 3. The number of hydrogen-bond donors (Lipinski definition) is 3. The molecule has 0 aromatic carbocycles. The molecule has 2 aromatic rings. The number of nitrogens with zero attached hydrogens (tertiary/aromatic N) is 1. The molecule has 13 heteroatoms. The van der Waals surface area contributed by atoms with E-state index in [0.29, 0.717) is 0 Å². The molecule has 0 saturated carbocycles. The summed E-state index contributed by atoms with van der Waals surface area (Å²) >= 11 is 0. The van der Waals surface area contributed by atoms with Crippen LogP contribution in [0.15, 0.2) is 9.59 Å². The second-order valence-electron chi connectivity index (χ2n) is 6.31. The second-order valence-corrected chi connectivity index (χ2v) is 6.31. The standard InChI is InChI=1S/C16H18N4O9/c1-5(21)26-4-8-12(27-6(2)22)14(28-7(3)23)13(29-8)10-9-11(20-19-10)15(24)18-16(25)17-9/h8,12-14H,4H2,1-3H3,(H,19,20)(H2,17,18,24,25)/t8-,12-,13+,14-/m1/s1. The second kappa shape index (κ2) is 7.87. The van der Waals surface area contributed by atoms with E-state index in [9.17, 15) is 24.0 Å². The van der Waals surface area contributed by atoms with Crippen LogP contribution in [0.2, 0.25) is 0 Å². The van der Waals surface area contributed by atoms with Crippen LogP contribution in [-0.4, -0.2) is 63.0 Å². The Morgan fingerprint density at radius 2 is 1.66 bits per heavy atom. The largest absolute Gasteiger partial charge is 0.463 e. The van der Waals surface area contributed by atoms with Crippen molar-refractivity contribution in [2.45, 2.75) is 45.2 Å². The zero-order valence-corrected chi connectivity index (χ0v) is 15.6. The van der Waals surface area contributed by atoms with Gasteiger partial charge in [-0.3, -0.25) is 29.3 Å². The van der Waals surface area contributed by atoms with Crippen LogP contribution >= 0.6 is 0 Å². The monoisotopic (exact) mass is 410 g/mol. The Labute approximate surface area is 161 Å². The molecule has 0 radical (unpaired) electrons. The van der Waals surface area contributed by atoms with Crippen molar-refractivity contribution in [3.63, 3.8) is 0 Å². The molecule has 0 bridgehead atoms. The number of hydrogen-bond acceptors (Lipinski definition) is 10. The van der Waals surface area contributed by atoms with E-state index in [0.717, 1.165) is 13.8 Å². The minimum Gasteiger partial charge on any atom is -0.463 e. The lowest BCUT2D eigenvalue weighted by atomic mass is 10.0. The maximum absolute atomic E-state index is 11.9. The summed E-state index contributed by atoms with van der Waals surface area (Å²) in [5.41, 5.74) is -1.45. The average molecular weight is 410 g/mol. The third kappa shape index (κ3) is 4.18. The number of carbonyl (C=O) groups excluding carboxylic acids is 3. The van der Waals surface area contributed by atoms with Crippen molar-refractivity contribution >= 4 is 28.9 Å². The molecule has 1 saturated heterocycles. The van der Waals surface area contributed by atoms with E-state index in [4.69, 9.17) is 18.9 Å². The fourth-order valence-electron chi connectivity index (χ4n) is 3.11. The van der Waals surface area contributed by atoms with Crippen molar-refractivity contribution in [1.29, 1.82) is 0 Å². The molecule has 156 valence electrons. The molecule has 2 aromatic heterocycles. The van der Waals surface area contributed by atoms with Crippen LogP contribution in [0, 0.1) is 0 Å². The number of esters is 3. The van der Waals surface area contributed by atoms with Crippen LogP contribution in [0.1, 0.15) is 32.6 Å². The number of aromatic nitrogens is 4. The minimum absolute atomic E-state index is 0.0376. The highest BCUT2D eigenvalue weighted by atomic mass is 16.6. The number of H-pyrrole nitrogens is 3. The summed E-state index contributed by atoms with van der Waals surface area (Å²) in [6.45, 7) is 3.21. The molecule has 1 aliphatic heterocycles. The highest BCUT2D eigenvalue weighted by molar-refractivity contribution is 5.76. The predicted octanol–water partition coefficient (Wildman–Crippen LogP) is -1.19. The van der Waals surface area contributed by atoms with Gasteiger partial charge in [-0.1, -0.05) is 0 Å². The third-order valence-corrected chi connectivity index (χ3v) is 4.12. The molecule has 0 aliphatic carbocycles. The number of nitrogens with one attached hydrogen (secondary N) is 3. The maximum Gasteiger partial charge on any atom is 0.326 e. The first-order valence-electron chi connectivity index (χ1n) is 8.51. The molecular weight excluding hydrogens is 392 g/mol. The summed E-state index contributed by atoms with van der Waals surface area (Å²) in [6, 6.07) is 0. The summed E-state index contributed by atoms with van der Waals surface area (Å²) in [4.78, 5) is 62.5. The summed E-state index contributed by atoms with van der Waals surface area (Å²) < 4.78 is 21.3. The van der Waals surface area contributed by atoms with Gasteiger partial charge in [0.1, 0.15) is 18.8 Å². The van der Waals surface area contributed by atoms with Crippen LogP contribution in [0.5, 0.6) is 0 Å². The summed E-state index contributed by atoms with van der Waals surface area (Å²) in [5.74, 6) is -1.96. The molecule has 1 aliphatic rings. The van der Waals surface area contributed by atoms with Gasteiger partial charge in [-0.15, -0.1) is 0 Å². The topological polar surface area (TPSA) is 183 Å². The molecule has 13 nitrogen and oxygen atoms in total. The van der Waals surface area contributed by atoms with Gasteiger partial charge in [0.2, 0.25) is 0 Å². The predicted molar refractivity (Wildman–Crippen MR) is 92.7 cm³/mol. The Hall–Kier alpha value is -3.48. The lowest BCUT2D eigenvalue weighted by molar-refractivity contribution is -0.165. The first-order chi connectivity index (χ1) is 13.7. The van der Waals surface area contributed by atoms with E-state index >= 15 is 0 Å². The van der Waals surface area contributed by atoms with Gasteiger partial charge in [0, 0.05) is 20.8 Å². The lowest BCUT2D eigenvalue weighted by Gasteiger charge is -2.23. The van der Waals surface area contributed by atoms with Crippen molar-refractivity contribution in [1.82, 2.24) is 20.2 Å². The van der Waals surface area contributed by atoms with Crippen LogP contribution in [0.4, 0.5) is 0 Å². The summed E-state index contributed by atoms with van der Waals surface area (Å²) in [5, 5.41) is 6.43. The van der Waals surface area contributed by atoms with Gasteiger partial charge < -0.3 is 23.9 Å². The molecule has 0 amide bonds. The van der Waals surface area contributed by atoms with Crippen molar-refractivity contribution < 1.29 is 33.3 Å².